The van der Waals surface area contributed by atoms with Crippen molar-refractivity contribution in [3.63, 3.8) is 0 Å². The molecule has 0 saturated heterocycles. The van der Waals surface area contributed by atoms with E-state index < -0.39 is 78.6 Å². The Morgan fingerprint density at radius 3 is 1.75 bits per heavy atom. The zero-order valence-corrected chi connectivity index (χ0v) is 29.8. The van der Waals surface area contributed by atoms with Gasteiger partial charge in [-0.1, -0.05) is 151 Å². The molecule has 3 aromatic heterocycles. The van der Waals surface area contributed by atoms with Crippen molar-refractivity contribution in [2.24, 2.45) is 0 Å². The number of para-hydroxylation sites is 2. The van der Waals surface area contributed by atoms with Crippen LogP contribution in [0, 0.1) is 0 Å². The summed E-state index contributed by atoms with van der Waals surface area (Å²) >= 11 is 0.899. The standard InChI is InChI=1S/C51H32N4S/c1-3-15-33(16-4-1)35-19-13-20-37(31-35)50-52-49(34-17-5-2-6-18-34)53-51(54-50)41-30-29-36(38-24-14-28-47-48(38)42-23-9-12-27-46(42)56-47)32-45(41)55-43-25-10-7-21-39(43)40-22-8-11-26-44(40)55/h1-32H/i7D,8D,9D,10D,11D,12D,14D,21D,22D,23D,24D,25D,26D,27D,28D. The summed E-state index contributed by atoms with van der Waals surface area (Å²) in [7, 11) is 0. The number of hydrogen-bond acceptors (Lipinski definition) is 4. The topological polar surface area (TPSA) is 43.6 Å². The van der Waals surface area contributed by atoms with Crippen LogP contribution in [-0.4, -0.2) is 19.5 Å². The summed E-state index contributed by atoms with van der Waals surface area (Å²) in [5.74, 6) is 0.522. The lowest BCUT2D eigenvalue weighted by Gasteiger charge is -2.17. The van der Waals surface area contributed by atoms with Crippen LogP contribution >= 0.6 is 11.3 Å². The van der Waals surface area contributed by atoms with E-state index >= 15 is 0 Å². The second kappa shape index (κ2) is 13.3. The Morgan fingerprint density at radius 2 is 1.00 bits per heavy atom. The number of hydrogen-bond donors (Lipinski definition) is 0. The first-order chi connectivity index (χ1) is 34.0. The van der Waals surface area contributed by atoms with Gasteiger partial charge in [0.2, 0.25) is 0 Å². The van der Waals surface area contributed by atoms with Gasteiger partial charge in [0.1, 0.15) is 0 Å². The second-order valence-corrected chi connectivity index (χ2v) is 13.9. The van der Waals surface area contributed by atoms with Gasteiger partial charge in [0.05, 0.1) is 37.3 Å². The Bertz CT molecular complexity index is 4050. The van der Waals surface area contributed by atoms with E-state index in [0.29, 0.717) is 11.1 Å². The molecule has 11 aromatic rings. The zero-order valence-electron chi connectivity index (χ0n) is 44.0. The van der Waals surface area contributed by atoms with Gasteiger partial charge in [-0.3, -0.25) is 0 Å². The number of benzene rings is 8. The first-order valence-corrected chi connectivity index (χ1v) is 18.4. The maximum absolute atomic E-state index is 9.43. The molecular formula is C51H32N4S. The molecule has 0 radical (unpaired) electrons. The molecule has 0 aliphatic rings. The molecule has 0 atom stereocenters. The summed E-state index contributed by atoms with van der Waals surface area (Å²) in [5.41, 5.74) is 2.98. The first-order valence-electron chi connectivity index (χ1n) is 25.1. The Balaban J connectivity index is 1.32. The lowest BCUT2D eigenvalue weighted by atomic mass is 9.97. The monoisotopic (exact) mass is 747 g/mol. The smallest absolute Gasteiger partial charge is 0.166 e. The van der Waals surface area contributed by atoms with Gasteiger partial charge < -0.3 is 4.57 Å². The zero-order chi connectivity index (χ0) is 50.1. The average molecular weight is 748 g/mol. The van der Waals surface area contributed by atoms with Gasteiger partial charge in [0.15, 0.2) is 17.5 Å². The molecule has 0 aliphatic carbocycles. The lowest BCUT2D eigenvalue weighted by Crippen LogP contribution is -2.04. The third-order valence-electron chi connectivity index (χ3n) is 9.64. The van der Waals surface area contributed by atoms with Gasteiger partial charge in [0, 0.05) is 47.6 Å². The molecule has 56 heavy (non-hydrogen) atoms. The third-order valence-corrected chi connectivity index (χ3v) is 10.7. The molecule has 0 spiro atoms. The van der Waals surface area contributed by atoms with E-state index in [1.165, 1.54) is 10.6 Å². The minimum absolute atomic E-state index is 0.00805. The van der Waals surface area contributed by atoms with Crippen LogP contribution < -0.4 is 0 Å². The minimum Gasteiger partial charge on any atom is -0.308 e. The SMILES string of the molecule is [2H]c1c([2H])c([2H])c2c(sc3c([2H])c([2H])c([2H])c(-c4ccc(-c5nc(-c6ccccc6)nc(-c6cccc(-c7ccccc7)c6)n5)c(-n5c6c([2H])c([2H])c([2H])c([2H])c6c6c([2H])c([2H])c([2H])c([2H])c65)c4)c32)c1[2H]. The van der Waals surface area contributed by atoms with Crippen molar-refractivity contribution in [3.05, 3.63) is 194 Å². The van der Waals surface area contributed by atoms with E-state index in [2.05, 4.69) is 0 Å². The molecular weight excluding hydrogens is 701 g/mol. The number of thiophene rings is 1. The van der Waals surface area contributed by atoms with Gasteiger partial charge in [0.25, 0.3) is 0 Å². The van der Waals surface area contributed by atoms with Crippen LogP contribution in [0.5, 0.6) is 0 Å². The summed E-state index contributed by atoms with van der Waals surface area (Å²) in [6.07, 6.45) is 0. The summed E-state index contributed by atoms with van der Waals surface area (Å²) < 4.78 is 136. The van der Waals surface area contributed by atoms with Crippen molar-refractivity contribution in [2.75, 3.05) is 0 Å². The van der Waals surface area contributed by atoms with Crippen molar-refractivity contribution in [1.29, 1.82) is 0 Å². The molecule has 0 N–H and O–H groups in total. The quantitative estimate of drug-likeness (QED) is 0.170. The molecule has 0 amide bonds. The van der Waals surface area contributed by atoms with Crippen molar-refractivity contribution in [2.45, 2.75) is 0 Å². The fourth-order valence-corrected chi connectivity index (χ4v) is 8.08. The number of nitrogens with zero attached hydrogens (tertiary/aromatic N) is 4. The fraction of sp³-hybridized carbons (Fsp3) is 0. The summed E-state index contributed by atoms with van der Waals surface area (Å²) in [5, 5.41) is -0.237. The van der Waals surface area contributed by atoms with Crippen LogP contribution in [0.25, 0.3) is 104 Å². The predicted molar refractivity (Wildman–Crippen MR) is 234 cm³/mol. The lowest BCUT2D eigenvalue weighted by molar-refractivity contribution is 1.06. The Morgan fingerprint density at radius 1 is 0.411 bits per heavy atom. The molecule has 0 unspecified atom stereocenters. The van der Waals surface area contributed by atoms with E-state index in [1.807, 2.05) is 84.9 Å². The molecule has 4 nitrogen and oxygen atoms in total. The highest BCUT2D eigenvalue weighted by molar-refractivity contribution is 7.25. The van der Waals surface area contributed by atoms with Crippen LogP contribution in [0.4, 0.5) is 0 Å². The van der Waals surface area contributed by atoms with Crippen LogP contribution in [0.15, 0.2) is 194 Å². The Kier molecular flexibility index (Phi) is 4.85. The molecule has 11 rings (SSSR count). The first kappa shape index (κ1) is 20.5. The average Bonchev–Trinajstić information content (AvgIpc) is 3.97. The number of aromatic nitrogens is 4. The van der Waals surface area contributed by atoms with E-state index in [-0.39, 0.29) is 93.9 Å². The van der Waals surface area contributed by atoms with E-state index in [0.717, 1.165) is 22.5 Å². The van der Waals surface area contributed by atoms with Crippen LogP contribution in [-0.2, 0) is 0 Å². The normalized spacial score (nSPS) is 15.3. The van der Waals surface area contributed by atoms with Crippen molar-refractivity contribution < 1.29 is 20.6 Å². The van der Waals surface area contributed by atoms with Crippen molar-refractivity contribution >= 4 is 53.3 Å². The van der Waals surface area contributed by atoms with E-state index in [4.69, 9.17) is 28.7 Å². The highest BCUT2D eigenvalue weighted by Gasteiger charge is 2.21. The fourth-order valence-electron chi connectivity index (χ4n) is 7.11. The molecule has 0 saturated carbocycles. The second-order valence-electron chi connectivity index (χ2n) is 12.9. The van der Waals surface area contributed by atoms with Gasteiger partial charge >= 0.3 is 0 Å². The maximum atomic E-state index is 9.43. The van der Waals surface area contributed by atoms with E-state index in [1.54, 1.807) is 12.1 Å². The molecule has 5 heteroatoms. The molecule has 0 bridgehead atoms. The van der Waals surface area contributed by atoms with Crippen LogP contribution in [0.2, 0.25) is 0 Å². The van der Waals surface area contributed by atoms with Gasteiger partial charge in [-0.2, -0.15) is 0 Å². The van der Waals surface area contributed by atoms with Crippen molar-refractivity contribution in [1.82, 2.24) is 19.5 Å². The van der Waals surface area contributed by atoms with Gasteiger partial charge in [-0.25, -0.2) is 15.0 Å². The molecule has 0 aliphatic heterocycles. The molecule has 262 valence electrons. The highest BCUT2D eigenvalue weighted by Crippen LogP contribution is 2.43. The Labute approximate surface area is 348 Å². The number of rotatable bonds is 6. The molecule has 0 fully saturated rings. The maximum Gasteiger partial charge on any atom is 0.166 e. The van der Waals surface area contributed by atoms with E-state index in [9.17, 15) is 6.85 Å². The largest absolute Gasteiger partial charge is 0.308 e. The van der Waals surface area contributed by atoms with Crippen LogP contribution in [0.1, 0.15) is 20.6 Å². The molecule has 3 heterocycles. The summed E-state index contributed by atoms with van der Waals surface area (Å²) in [6.45, 7) is 0. The van der Waals surface area contributed by atoms with Crippen LogP contribution in [0.3, 0.4) is 0 Å². The highest BCUT2D eigenvalue weighted by atomic mass is 32.1. The summed E-state index contributed by atoms with van der Waals surface area (Å²) in [6, 6.07) is 23.2. The third kappa shape index (κ3) is 5.40. The van der Waals surface area contributed by atoms with Gasteiger partial charge in [-0.15, -0.1) is 11.3 Å². The summed E-state index contributed by atoms with van der Waals surface area (Å²) in [4.78, 5) is 15.0. The predicted octanol–water partition coefficient (Wildman–Crippen LogP) is 13.7. The van der Waals surface area contributed by atoms with Crippen molar-refractivity contribution in [3.8, 4) is 62.1 Å². The minimum atomic E-state index is -0.648. The van der Waals surface area contributed by atoms with Gasteiger partial charge in [-0.05, 0) is 64.6 Å². The molecule has 8 aromatic carbocycles. The Hall–Kier alpha value is -7.21. The number of fused-ring (bicyclic) bond motifs is 6.